The van der Waals surface area contributed by atoms with Crippen molar-refractivity contribution < 1.29 is 13.2 Å². The van der Waals surface area contributed by atoms with Crippen LogP contribution in [0.25, 0.3) is 10.9 Å². The van der Waals surface area contributed by atoms with Crippen molar-refractivity contribution in [3.63, 3.8) is 0 Å². The normalized spacial score (nSPS) is 11.6. The Morgan fingerprint density at radius 2 is 1.83 bits per heavy atom. The lowest BCUT2D eigenvalue weighted by atomic mass is 10.1. The summed E-state index contributed by atoms with van der Waals surface area (Å²) in [5.74, 6) is 0.676. The minimum absolute atomic E-state index is 0.255. The number of nitrogens with one attached hydrogen (secondary N) is 2. The SMILES string of the molecule is COc1cc(C)c(S(=O)(=O)Nc2ccc3[nH]ccc3c2)cc1C. The molecule has 0 unspecified atom stereocenters. The Kier molecular flexibility index (Phi) is 3.77. The molecule has 1 aromatic heterocycles. The van der Waals surface area contributed by atoms with E-state index < -0.39 is 10.0 Å². The predicted octanol–water partition coefficient (Wildman–Crippen LogP) is 3.59. The second-order valence-electron chi connectivity index (χ2n) is 5.47. The van der Waals surface area contributed by atoms with Gasteiger partial charge in [-0.1, -0.05) is 0 Å². The molecule has 2 N–H and O–H groups in total. The van der Waals surface area contributed by atoms with Crippen molar-refractivity contribution >= 4 is 26.6 Å². The van der Waals surface area contributed by atoms with Crippen molar-refractivity contribution in [3.05, 3.63) is 53.7 Å². The molecule has 23 heavy (non-hydrogen) atoms. The summed E-state index contributed by atoms with van der Waals surface area (Å²) in [6.45, 7) is 3.58. The van der Waals surface area contributed by atoms with E-state index in [9.17, 15) is 8.42 Å². The smallest absolute Gasteiger partial charge is 0.262 e. The van der Waals surface area contributed by atoms with E-state index in [-0.39, 0.29) is 4.90 Å². The number of H-pyrrole nitrogens is 1. The molecule has 0 radical (unpaired) electrons. The largest absolute Gasteiger partial charge is 0.496 e. The van der Waals surface area contributed by atoms with E-state index in [1.54, 1.807) is 38.3 Å². The van der Waals surface area contributed by atoms with E-state index >= 15 is 0 Å². The molecule has 0 amide bonds. The molecule has 3 aromatic rings. The molecule has 0 saturated heterocycles. The zero-order valence-corrected chi connectivity index (χ0v) is 14.0. The summed E-state index contributed by atoms with van der Waals surface area (Å²) in [5.41, 5.74) is 2.91. The van der Waals surface area contributed by atoms with Crippen LogP contribution in [0.5, 0.6) is 5.75 Å². The second kappa shape index (κ2) is 5.62. The van der Waals surface area contributed by atoms with Gasteiger partial charge in [-0.15, -0.1) is 0 Å². The van der Waals surface area contributed by atoms with Gasteiger partial charge in [-0.3, -0.25) is 4.72 Å². The van der Waals surface area contributed by atoms with E-state index in [0.29, 0.717) is 17.0 Å². The van der Waals surface area contributed by atoms with Gasteiger partial charge in [0.15, 0.2) is 0 Å². The molecule has 0 aliphatic heterocycles. The molecule has 0 saturated carbocycles. The molecule has 2 aromatic carbocycles. The fraction of sp³-hybridized carbons (Fsp3) is 0.176. The number of fused-ring (bicyclic) bond motifs is 1. The summed E-state index contributed by atoms with van der Waals surface area (Å²) < 4.78 is 33.2. The van der Waals surface area contributed by atoms with Crippen molar-refractivity contribution in [2.45, 2.75) is 18.7 Å². The van der Waals surface area contributed by atoms with Crippen LogP contribution in [0.1, 0.15) is 11.1 Å². The number of rotatable bonds is 4. The number of hydrogen-bond donors (Lipinski definition) is 2. The average molecular weight is 330 g/mol. The average Bonchev–Trinajstić information content (AvgIpc) is 2.96. The Morgan fingerprint density at radius 1 is 1.04 bits per heavy atom. The van der Waals surface area contributed by atoms with Gasteiger partial charge >= 0.3 is 0 Å². The first-order valence-corrected chi connectivity index (χ1v) is 8.64. The Bertz CT molecular complexity index is 975. The van der Waals surface area contributed by atoms with Gasteiger partial charge in [-0.2, -0.15) is 0 Å². The standard InChI is InChI=1S/C17H18N2O3S/c1-11-9-17(12(2)8-16(11)22-3)23(20,21)19-14-4-5-15-13(10-14)6-7-18-15/h4-10,18-19H,1-3H3. The van der Waals surface area contributed by atoms with Gasteiger partial charge in [0.1, 0.15) is 5.75 Å². The van der Waals surface area contributed by atoms with Crippen molar-refractivity contribution in [1.29, 1.82) is 0 Å². The fourth-order valence-corrected chi connectivity index (χ4v) is 3.96. The summed E-state index contributed by atoms with van der Waals surface area (Å²) in [6, 6.07) is 10.6. The third-order valence-corrected chi connectivity index (χ3v) is 5.31. The maximum absolute atomic E-state index is 12.7. The monoisotopic (exact) mass is 330 g/mol. The second-order valence-corrected chi connectivity index (χ2v) is 7.12. The summed E-state index contributed by atoms with van der Waals surface area (Å²) in [7, 11) is -2.09. The van der Waals surface area contributed by atoms with Crippen molar-refractivity contribution in [1.82, 2.24) is 4.98 Å². The molecule has 0 spiro atoms. The first-order chi connectivity index (χ1) is 10.9. The summed E-state index contributed by atoms with van der Waals surface area (Å²) in [4.78, 5) is 3.33. The summed E-state index contributed by atoms with van der Waals surface area (Å²) in [5, 5.41) is 0.952. The number of aryl methyl sites for hydroxylation is 2. The zero-order valence-electron chi connectivity index (χ0n) is 13.2. The quantitative estimate of drug-likeness (QED) is 0.768. The first-order valence-electron chi connectivity index (χ1n) is 7.16. The topological polar surface area (TPSA) is 71.2 Å². The number of ether oxygens (including phenoxy) is 1. The number of sulfonamides is 1. The highest BCUT2D eigenvalue weighted by Gasteiger charge is 2.19. The van der Waals surface area contributed by atoms with Gasteiger partial charge < -0.3 is 9.72 Å². The molecule has 3 rings (SSSR count). The molecule has 120 valence electrons. The van der Waals surface area contributed by atoms with Gasteiger partial charge in [-0.05, 0) is 61.4 Å². The van der Waals surface area contributed by atoms with E-state index in [2.05, 4.69) is 9.71 Å². The van der Waals surface area contributed by atoms with Gasteiger partial charge in [0.05, 0.1) is 12.0 Å². The lowest BCUT2D eigenvalue weighted by molar-refractivity contribution is 0.411. The molecule has 0 aliphatic carbocycles. The summed E-state index contributed by atoms with van der Waals surface area (Å²) >= 11 is 0. The van der Waals surface area contributed by atoms with Crippen LogP contribution in [0.15, 0.2) is 47.5 Å². The minimum Gasteiger partial charge on any atom is -0.496 e. The van der Waals surface area contributed by atoms with E-state index in [0.717, 1.165) is 16.5 Å². The van der Waals surface area contributed by atoms with Crippen molar-refractivity contribution in [2.24, 2.45) is 0 Å². The van der Waals surface area contributed by atoms with Crippen LogP contribution in [0, 0.1) is 13.8 Å². The number of anilines is 1. The molecule has 0 atom stereocenters. The first kappa shape index (κ1) is 15.4. The Hall–Kier alpha value is -2.47. The highest BCUT2D eigenvalue weighted by atomic mass is 32.2. The van der Waals surface area contributed by atoms with Crippen LogP contribution in [0.2, 0.25) is 0 Å². The Labute approximate surface area is 135 Å². The Balaban J connectivity index is 1.99. The van der Waals surface area contributed by atoms with Crippen LogP contribution in [0.3, 0.4) is 0 Å². The molecule has 1 heterocycles. The minimum atomic E-state index is -3.66. The highest BCUT2D eigenvalue weighted by molar-refractivity contribution is 7.92. The number of hydrogen-bond acceptors (Lipinski definition) is 3. The predicted molar refractivity (Wildman–Crippen MR) is 91.6 cm³/mol. The van der Waals surface area contributed by atoms with Gasteiger partial charge in [0.2, 0.25) is 0 Å². The maximum Gasteiger partial charge on any atom is 0.262 e. The molecular weight excluding hydrogens is 312 g/mol. The van der Waals surface area contributed by atoms with Crippen LogP contribution < -0.4 is 9.46 Å². The van der Waals surface area contributed by atoms with Crippen LogP contribution >= 0.6 is 0 Å². The lowest BCUT2D eigenvalue weighted by Gasteiger charge is -2.13. The number of methoxy groups -OCH3 is 1. The van der Waals surface area contributed by atoms with E-state index in [1.807, 2.05) is 25.3 Å². The van der Waals surface area contributed by atoms with Gasteiger partial charge in [0.25, 0.3) is 10.0 Å². The number of aromatic amines is 1. The van der Waals surface area contributed by atoms with Crippen LogP contribution in [0.4, 0.5) is 5.69 Å². The highest BCUT2D eigenvalue weighted by Crippen LogP contribution is 2.27. The molecule has 0 bridgehead atoms. The number of aromatic nitrogens is 1. The van der Waals surface area contributed by atoms with Crippen LogP contribution in [-0.4, -0.2) is 20.5 Å². The molecule has 0 fully saturated rings. The van der Waals surface area contributed by atoms with Crippen LogP contribution in [-0.2, 0) is 10.0 Å². The number of benzene rings is 2. The maximum atomic E-state index is 12.7. The van der Waals surface area contributed by atoms with Crippen molar-refractivity contribution in [3.8, 4) is 5.75 Å². The van der Waals surface area contributed by atoms with E-state index in [4.69, 9.17) is 4.74 Å². The lowest BCUT2D eigenvalue weighted by Crippen LogP contribution is -2.14. The molecule has 0 aliphatic rings. The third kappa shape index (κ3) is 2.90. The fourth-order valence-electron chi connectivity index (χ4n) is 2.60. The molecule has 5 nitrogen and oxygen atoms in total. The summed E-state index contributed by atoms with van der Waals surface area (Å²) in [6.07, 6.45) is 1.82. The molecule has 6 heteroatoms. The van der Waals surface area contributed by atoms with Crippen molar-refractivity contribution in [2.75, 3.05) is 11.8 Å². The van der Waals surface area contributed by atoms with E-state index in [1.165, 1.54) is 0 Å². The van der Waals surface area contributed by atoms with Gasteiger partial charge in [0, 0.05) is 22.8 Å². The molecular formula is C17H18N2O3S. The third-order valence-electron chi connectivity index (χ3n) is 3.79. The Morgan fingerprint density at radius 3 is 2.57 bits per heavy atom. The zero-order chi connectivity index (χ0) is 16.6. The van der Waals surface area contributed by atoms with Gasteiger partial charge in [-0.25, -0.2) is 8.42 Å².